The lowest BCUT2D eigenvalue weighted by Gasteiger charge is -2.17. The first-order chi connectivity index (χ1) is 20.2. The van der Waals surface area contributed by atoms with Crippen LogP contribution in [0.5, 0.6) is 5.75 Å². The van der Waals surface area contributed by atoms with Crippen LogP contribution in [0.15, 0.2) is 47.0 Å². The molecule has 1 atom stereocenters. The molecule has 42 heavy (non-hydrogen) atoms. The number of fused-ring (bicyclic) bond motifs is 4. The molecule has 3 aromatic heterocycles. The molecule has 0 bridgehead atoms. The Morgan fingerprint density at radius 2 is 1.83 bits per heavy atom. The molecule has 1 amide bonds. The summed E-state index contributed by atoms with van der Waals surface area (Å²) in [5, 5.41) is 26.8. The zero-order valence-corrected chi connectivity index (χ0v) is 23.8. The van der Waals surface area contributed by atoms with Crippen molar-refractivity contribution >= 4 is 38.6 Å². The Morgan fingerprint density at radius 3 is 2.50 bits per heavy atom. The summed E-state index contributed by atoms with van der Waals surface area (Å²) in [5.41, 5.74) is 12.4. The number of hydrogen-bond donors (Lipinski definition) is 4. The van der Waals surface area contributed by atoms with Gasteiger partial charge < -0.3 is 30.2 Å². The van der Waals surface area contributed by atoms with Crippen LogP contribution in [0.1, 0.15) is 39.6 Å². The van der Waals surface area contributed by atoms with Crippen molar-refractivity contribution in [2.75, 3.05) is 13.7 Å². The van der Waals surface area contributed by atoms with Gasteiger partial charge in [-0.15, -0.1) is 0 Å². The summed E-state index contributed by atoms with van der Waals surface area (Å²) in [6, 6.07) is 13.5. The molecular formula is C32H31N5O5. The summed E-state index contributed by atoms with van der Waals surface area (Å²) in [6.07, 6.45) is -0.309. The average Bonchev–Trinajstić information content (AvgIpc) is 3.51. The minimum Gasteiger partial charge on any atom is -0.496 e. The van der Waals surface area contributed by atoms with E-state index in [0.717, 1.165) is 44.1 Å². The minimum atomic E-state index is -0.915. The maximum atomic E-state index is 12.7. The number of aliphatic hydroxyl groups is 2. The highest BCUT2D eigenvalue weighted by Crippen LogP contribution is 2.43. The summed E-state index contributed by atoms with van der Waals surface area (Å²) in [6.45, 7) is 5.23. The lowest BCUT2D eigenvalue weighted by molar-refractivity contribution is 0.0883. The van der Waals surface area contributed by atoms with Crippen molar-refractivity contribution in [2.24, 2.45) is 5.73 Å². The molecular weight excluding hydrogens is 534 g/mol. The number of carbonyl (C=O) groups is 1. The summed E-state index contributed by atoms with van der Waals surface area (Å²) in [7, 11) is 1.63. The number of hydrogen-bond acceptors (Lipinski definition) is 8. The third-order valence-electron chi connectivity index (χ3n) is 7.77. The Labute approximate surface area is 241 Å². The van der Waals surface area contributed by atoms with Crippen LogP contribution in [0.3, 0.4) is 0 Å². The Bertz CT molecular complexity index is 1990. The first kappa shape index (κ1) is 27.4. The molecule has 0 aliphatic rings. The van der Waals surface area contributed by atoms with Crippen molar-refractivity contribution in [3.8, 4) is 28.1 Å². The molecule has 10 nitrogen and oxygen atoms in total. The van der Waals surface area contributed by atoms with Gasteiger partial charge >= 0.3 is 0 Å². The van der Waals surface area contributed by atoms with E-state index >= 15 is 0 Å². The molecule has 0 spiro atoms. The van der Waals surface area contributed by atoms with Crippen molar-refractivity contribution in [3.05, 3.63) is 70.9 Å². The van der Waals surface area contributed by atoms with Gasteiger partial charge in [-0.25, -0.2) is 9.97 Å². The zero-order chi connectivity index (χ0) is 29.7. The standard InChI is InChI=1S/C32H31N5O5/c1-15-27(16(2)42-37-15)24-12-25-23(13-26(24)41-4)29-30(34-17(3)35-32(29)36-25)22-11-18(9-10-19(39)14-38)28(31(33)40)21-8-6-5-7-20(21)22/h5-8,11-13,19,38-39H,9-10,14H2,1-4H3,(H2,33,40)(H,34,35,36)/t19-/m0/s1. The van der Waals surface area contributed by atoms with E-state index in [9.17, 15) is 15.0 Å². The van der Waals surface area contributed by atoms with E-state index in [2.05, 4.69) is 10.1 Å². The van der Waals surface area contributed by atoms with Crippen LogP contribution in [-0.2, 0) is 6.42 Å². The van der Waals surface area contributed by atoms with Gasteiger partial charge in [0.1, 0.15) is 23.0 Å². The van der Waals surface area contributed by atoms with Gasteiger partial charge in [-0.3, -0.25) is 4.79 Å². The molecule has 3 aromatic carbocycles. The first-order valence-electron chi connectivity index (χ1n) is 13.7. The van der Waals surface area contributed by atoms with Crippen molar-refractivity contribution < 1.29 is 24.3 Å². The molecule has 0 saturated carbocycles. The van der Waals surface area contributed by atoms with E-state index in [1.807, 2.05) is 63.2 Å². The number of nitrogens with zero attached hydrogens (tertiary/aromatic N) is 3. The number of methoxy groups -OCH3 is 1. The molecule has 0 aliphatic carbocycles. The van der Waals surface area contributed by atoms with Crippen molar-refractivity contribution in [1.29, 1.82) is 0 Å². The number of rotatable bonds is 8. The van der Waals surface area contributed by atoms with Crippen LogP contribution >= 0.6 is 0 Å². The monoisotopic (exact) mass is 565 g/mol. The summed E-state index contributed by atoms with van der Waals surface area (Å²) < 4.78 is 11.3. The number of H-pyrrole nitrogens is 1. The first-order valence-corrected chi connectivity index (χ1v) is 13.7. The SMILES string of the molecule is COc1cc2c(cc1-c1c(C)noc1C)[nH]c1nc(C)nc(-c3cc(CC[C@H](O)CO)c(C(N)=O)c4ccccc34)c12. The number of nitrogens with two attached hydrogens (primary N) is 1. The number of aromatic nitrogens is 4. The number of aryl methyl sites for hydroxylation is 4. The van der Waals surface area contributed by atoms with E-state index in [0.29, 0.717) is 51.6 Å². The third-order valence-corrected chi connectivity index (χ3v) is 7.77. The Kier molecular flexibility index (Phi) is 6.88. The van der Waals surface area contributed by atoms with Crippen molar-refractivity contribution in [1.82, 2.24) is 20.1 Å². The number of aliphatic hydroxyl groups excluding tert-OH is 2. The number of ether oxygens (including phenoxy) is 1. The van der Waals surface area contributed by atoms with Crippen LogP contribution in [0.25, 0.3) is 55.1 Å². The number of benzene rings is 3. The lowest BCUT2D eigenvalue weighted by atomic mass is 9.89. The average molecular weight is 566 g/mol. The number of primary amides is 1. The smallest absolute Gasteiger partial charge is 0.249 e. The van der Waals surface area contributed by atoms with E-state index in [4.69, 9.17) is 25.0 Å². The molecule has 0 saturated heterocycles. The third kappa shape index (κ3) is 4.45. The second kappa shape index (κ2) is 10.6. The summed E-state index contributed by atoms with van der Waals surface area (Å²) in [5.74, 6) is 1.36. The highest BCUT2D eigenvalue weighted by Gasteiger charge is 2.24. The quantitative estimate of drug-likeness (QED) is 0.203. The van der Waals surface area contributed by atoms with Gasteiger partial charge in [-0.05, 0) is 68.1 Å². The molecule has 6 aromatic rings. The van der Waals surface area contributed by atoms with Gasteiger partial charge in [0.2, 0.25) is 5.91 Å². The van der Waals surface area contributed by atoms with E-state index in [1.165, 1.54) is 0 Å². The molecule has 0 fully saturated rings. The highest BCUT2D eigenvalue weighted by atomic mass is 16.5. The van der Waals surface area contributed by atoms with Gasteiger partial charge in [0.25, 0.3) is 0 Å². The second-order valence-electron chi connectivity index (χ2n) is 10.5. The molecule has 5 N–H and O–H groups in total. The number of carbonyl (C=O) groups excluding carboxylic acids is 1. The zero-order valence-electron chi connectivity index (χ0n) is 23.8. The fourth-order valence-corrected chi connectivity index (χ4v) is 5.89. The maximum absolute atomic E-state index is 12.7. The van der Waals surface area contributed by atoms with Gasteiger partial charge in [-0.2, -0.15) is 0 Å². The number of nitrogens with one attached hydrogen (secondary N) is 1. The minimum absolute atomic E-state index is 0.265. The molecule has 6 rings (SSSR count). The predicted octanol–water partition coefficient (Wildman–Crippen LogP) is 4.90. The molecule has 3 heterocycles. The Morgan fingerprint density at radius 1 is 1.07 bits per heavy atom. The van der Waals surface area contributed by atoms with Crippen LogP contribution < -0.4 is 10.5 Å². The second-order valence-corrected chi connectivity index (χ2v) is 10.5. The molecule has 0 unspecified atom stereocenters. The van der Waals surface area contributed by atoms with Gasteiger partial charge in [-0.1, -0.05) is 29.4 Å². The van der Waals surface area contributed by atoms with Crippen LogP contribution in [0.2, 0.25) is 0 Å². The molecule has 214 valence electrons. The lowest BCUT2D eigenvalue weighted by Crippen LogP contribution is -2.17. The van der Waals surface area contributed by atoms with Crippen LogP contribution in [0, 0.1) is 20.8 Å². The fraction of sp³-hybridized carbons (Fsp3) is 0.250. The summed E-state index contributed by atoms with van der Waals surface area (Å²) in [4.78, 5) is 25.8. The summed E-state index contributed by atoms with van der Waals surface area (Å²) >= 11 is 0. The van der Waals surface area contributed by atoms with Gasteiger partial charge in [0.15, 0.2) is 0 Å². The van der Waals surface area contributed by atoms with Crippen LogP contribution in [0.4, 0.5) is 0 Å². The normalized spacial score (nSPS) is 12.4. The van der Waals surface area contributed by atoms with Gasteiger partial charge in [0.05, 0.1) is 47.7 Å². The highest BCUT2D eigenvalue weighted by molar-refractivity contribution is 6.18. The molecule has 10 heteroatoms. The topological polar surface area (TPSA) is 160 Å². The van der Waals surface area contributed by atoms with E-state index in [-0.39, 0.29) is 13.0 Å². The van der Waals surface area contributed by atoms with Crippen molar-refractivity contribution in [2.45, 2.75) is 39.7 Å². The Balaban J connectivity index is 1.67. The van der Waals surface area contributed by atoms with Crippen LogP contribution in [-0.4, -0.2) is 56.0 Å². The van der Waals surface area contributed by atoms with Crippen molar-refractivity contribution in [3.63, 3.8) is 0 Å². The molecule has 0 radical (unpaired) electrons. The molecule has 0 aliphatic heterocycles. The van der Waals surface area contributed by atoms with Gasteiger partial charge in [0, 0.05) is 22.0 Å². The van der Waals surface area contributed by atoms with E-state index < -0.39 is 12.0 Å². The fourth-order valence-electron chi connectivity index (χ4n) is 5.89. The van der Waals surface area contributed by atoms with E-state index in [1.54, 1.807) is 7.11 Å². The maximum Gasteiger partial charge on any atom is 0.249 e. The number of amides is 1. The largest absolute Gasteiger partial charge is 0.496 e. The number of aromatic amines is 1. The Hall–Kier alpha value is -4.80. The predicted molar refractivity (Wildman–Crippen MR) is 161 cm³/mol.